The number of ether oxygens (including phenoxy) is 1. The van der Waals surface area contributed by atoms with Crippen LogP contribution in [0.15, 0.2) is 12.1 Å². The first-order valence-electron chi connectivity index (χ1n) is 5.78. The Morgan fingerprint density at radius 3 is 2.58 bits per heavy atom. The molecule has 1 aromatic rings. The Morgan fingerprint density at radius 1 is 1.37 bits per heavy atom. The third kappa shape index (κ3) is 2.71. The van der Waals surface area contributed by atoms with Gasteiger partial charge in [-0.05, 0) is 0 Å². The lowest BCUT2D eigenvalue weighted by atomic mass is 10.1. The van der Waals surface area contributed by atoms with Crippen LogP contribution in [-0.4, -0.2) is 43.2 Å². The summed E-state index contributed by atoms with van der Waals surface area (Å²) in [5.74, 6) is -4.34. The quantitative estimate of drug-likeness (QED) is 0.872. The maximum absolute atomic E-state index is 13.6. The van der Waals surface area contributed by atoms with Gasteiger partial charge in [0.25, 0.3) is 5.91 Å². The van der Waals surface area contributed by atoms with Gasteiger partial charge in [-0.3, -0.25) is 4.79 Å². The van der Waals surface area contributed by atoms with Crippen LogP contribution in [0.5, 0.6) is 0 Å². The van der Waals surface area contributed by atoms with Crippen molar-refractivity contribution in [1.82, 2.24) is 4.90 Å². The van der Waals surface area contributed by atoms with E-state index in [4.69, 9.17) is 10.5 Å². The molecule has 1 aromatic carbocycles. The Bertz CT molecular complexity index is 473. The van der Waals surface area contributed by atoms with Crippen molar-refractivity contribution in [3.05, 3.63) is 35.1 Å². The molecule has 0 spiro atoms. The number of halogens is 3. The molecule has 104 valence electrons. The number of nitrogens with two attached hydrogens (primary N) is 1. The molecule has 1 amide bonds. The zero-order valence-electron chi connectivity index (χ0n) is 10.0. The van der Waals surface area contributed by atoms with Gasteiger partial charge < -0.3 is 15.4 Å². The molecule has 1 heterocycles. The number of amides is 1. The summed E-state index contributed by atoms with van der Waals surface area (Å²) in [6.07, 6.45) is 0. The van der Waals surface area contributed by atoms with E-state index in [-0.39, 0.29) is 26.3 Å². The minimum absolute atomic E-state index is 0.121. The Hall–Kier alpha value is -1.60. The van der Waals surface area contributed by atoms with Crippen LogP contribution >= 0.6 is 0 Å². The highest BCUT2D eigenvalue weighted by Gasteiger charge is 2.30. The average Bonchev–Trinajstić information content (AvgIpc) is 2.37. The van der Waals surface area contributed by atoms with Crippen LogP contribution in [0.3, 0.4) is 0 Å². The van der Waals surface area contributed by atoms with Gasteiger partial charge in [0.1, 0.15) is 23.0 Å². The lowest BCUT2D eigenvalue weighted by molar-refractivity contribution is 0.000333. The van der Waals surface area contributed by atoms with Gasteiger partial charge in [-0.15, -0.1) is 0 Å². The van der Waals surface area contributed by atoms with Crippen LogP contribution in [0, 0.1) is 17.5 Å². The number of morpholine rings is 1. The molecule has 7 heteroatoms. The zero-order valence-corrected chi connectivity index (χ0v) is 10.0. The van der Waals surface area contributed by atoms with Crippen molar-refractivity contribution >= 4 is 5.91 Å². The van der Waals surface area contributed by atoms with E-state index in [0.29, 0.717) is 12.1 Å². The molecule has 1 aliphatic rings. The molecule has 1 saturated heterocycles. The van der Waals surface area contributed by atoms with E-state index in [1.165, 1.54) is 4.90 Å². The largest absolute Gasteiger partial charge is 0.377 e. The fraction of sp³-hybridized carbons (Fsp3) is 0.417. The molecule has 4 nitrogen and oxygen atoms in total. The van der Waals surface area contributed by atoms with Crippen molar-refractivity contribution in [2.45, 2.75) is 6.04 Å². The first kappa shape index (κ1) is 13.8. The molecule has 1 aliphatic heterocycles. The number of rotatable bonds is 2. The van der Waals surface area contributed by atoms with Gasteiger partial charge in [0.2, 0.25) is 0 Å². The summed E-state index contributed by atoms with van der Waals surface area (Å²) < 4.78 is 45.1. The van der Waals surface area contributed by atoms with Crippen molar-refractivity contribution in [2.24, 2.45) is 5.73 Å². The van der Waals surface area contributed by atoms with E-state index in [9.17, 15) is 18.0 Å². The topological polar surface area (TPSA) is 55.6 Å². The monoisotopic (exact) mass is 274 g/mol. The van der Waals surface area contributed by atoms with Crippen molar-refractivity contribution in [3.8, 4) is 0 Å². The number of hydrogen-bond acceptors (Lipinski definition) is 3. The predicted octanol–water partition coefficient (Wildman–Crippen LogP) is 0.904. The van der Waals surface area contributed by atoms with Crippen LogP contribution in [-0.2, 0) is 4.74 Å². The summed E-state index contributed by atoms with van der Waals surface area (Å²) in [6.45, 7) is 0.798. The van der Waals surface area contributed by atoms with Gasteiger partial charge in [0.05, 0.1) is 19.3 Å². The van der Waals surface area contributed by atoms with Gasteiger partial charge in [-0.25, -0.2) is 13.2 Å². The number of carbonyl (C=O) groups excluding carboxylic acids is 1. The molecule has 0 bridgehead atoms. The van der Waals surface area contributed by atoms with E-state index in [0.717, 1.165) is 0 Å². The normalized spacial score (nSPS) is 19.6. The van der Waals surface area contributed by atoms with Crippen molar-refractivity contribution in [2.75, 3.05) is 26.3 Å². The minimum Gasteiger partial charge on any atom is -0.377 e. The Labute approximate surface area is 107 Å². The highest BCUT2D eigenvalue weighted by molar-refractivity contribution is 5.95. The number of hydrogen-bond donors (Lipinski definition) is 1. The number of benzene rings is 1. The smallest absolute Gasteiger partial charge is 0.260 e. The second-order valence-corrected chi connectivity index (χ2v) is 4.21. The van der Waals surface area contributed by atoms with Gasteiger partial charge in [-0.1, -0.05) is 0 Å². The van der Waals surface area contributed by atoms with E-state index >= 15 is 0 Å². The van der Waals surface area contributed by atoms with Crippen LogP contribution < -0.4 is 5.73 Å². The zero-order chi connectivity index (χ0) is 14.0. The van der Waals surface area contributed by atoms with Crippen LogP contribution in [0.2, 0.25) is 0 Å². The molecule has 1 fully saturated rings. The highest BCUT2D eigenvalue weighted by Crippen LogP contribution is 2.19. The Kier molecular flexibility index (Phi) is 4.06. The van der Waals surface area contributed by atoms with Crippen LogP contribution in [0.1, 0.15) is 10.4 Å². The lowest BCUT2D eigenvalue weighted by Gasteiger charge is -2.35. The minimum atomic E-state index is -1.22. The summed E-state index contributed by atoms with van der Waals surface area (Å²) in [5.41, 5.74) is 4.73. The SMILES string of the molecule is NCC1COCCN1C(=O)c1c(F)cc(F)cc1F. The third-order valence-corrected chi connectivity index (χ3v) is 2.98. The summed E-state index contributed by atoms with van der Waals surface area (Å²) >= 11 is 0. The van der Waals surface area contributed by atoms with E-state index in [2.05, 4.69) is 0 Å². The highest BCUT2D eigenvalue weighted by atomic mass is 19.1. The van der Waals surface area contributed by atoms with Crippen molar-refractivity contribution in [1.29, 1.82) is 0 Å². The maximum atomic E-state index is 13.6. The van der Waals surface area contributed by atoms with E-state index < -0.39 is 35.0 Å². The molecule has 0 saturated carbocycles. The van der Waals surface area contributed by atoms with Crippen molar-refractivity contribution in [3.63, 3.8) is 0 Å². The molecule has 19 heavy (non-hydrogen) atoms. The molecular formula is C12H13F3N2O2. The third-order valence-electron chi connectivity index (χ3n) is 2.98. The lowest BCUT2D eigenvalue weighted by Crippen LogP contribution is -2.52. The second-order valence-electron chi connectivity index (χ2n) is 4.21. The first-order valence-corrected chi connectivity index (χ1v) is 5.78. The van der Waals surface area contributed by atoms with Gasteiger partial charge in [-0.2, -0.15) is 0 Å². The fourth-order valence-corrected chi connectivity index (χ4v) is 2.01. The summed E-state index contributed by atoms with van der Waals surface area (Å²) in [4.78, 5) is 13.4. The summed E-state index contributed by atoms with van der Waals surface area (Å²) in [5, 5.41) is 0. The molecule has 0 aliphatic carbocycles. The van der Waals surface area contributed by atoms with Crippen molar-refractivity contribution < 1.29 is 22.7 Å². The Morgan fingerprint density at radius 2 is 2.00 bits per heavy atom. The van der Waals surface area contributed by atoms with E-state index in [1.54, 1.807) is 0 Å². The average molecular weight is 274 g/mol. The number of carbonyl (C=O) groups is 1. The number of nitrogens with zero attached hydrogens (tertiary/aromatic N) is 1. The standard InChI is InChI=1S/C12H13F3N2O2/c13-7-3-9(14)11(10(15)4-7)12(18)17-1-2-19-6-8(17)5-16/h3-4,8H,1-2,5-6,16H2. The second kappa shape index (κ2) is 5.58. The van der Waals surface area contributed by atoms with E-state index in [1.807, 2.05) is 0 Å². The molecule has 2 N–H and O–H groups in total. The molecule has 1 unspecified atom stereocenters. The Balaban J connectivity index is 2.33. The molecule has 2 rings (SSSR count). The van der Waals surface area contributed by atoms with Gasteiger partial charge in [0, 0.05) is 25.2 Å². The molecule has 1 atom stereocenters. The molecule has 0 aromatic heterocycles. The van der Waals surface area contributed by atoms with Gasteiger partial charge in [0.15, 0.2) is 0 Å². The van der Waals surface area contributed by atoms with Crippen LogP contribution in [0.4, 0.5) is 13.2 Å². The van der Waals surface area contributed by atoms with Gasteiger partial charge >= 0.3 is 0 Å². The molecule has 0 radical (unpaired) electrons. The summed E-state index contributed by atoms with van der Waals surface area (Å²) in [7, 11) is 0. The summed E-state index contributed by atoms with van der Waals surface area (Å²) in [6, 6.07) is 0.521. The fourth-order valence-electron chi connectivity index (χ4n) is 2.01. The van der Waals surface area contributed by atoms with Crippen LogP contribution in [0.25, 0.3) is 0 Å². The first-order chi connectivity index (χ1) is 9.04. The maximum Gasteiger partial charge on any atom is 0.260 e. The molecular weight excluding hydrogens is 261 g/mol. The predicted molar refractivity (Wildman–Crippen MR) is 61.0 cm³/mol.